The Labute approximate surface area is 228 Å². The molecule has 0 spiro atoms. The summed E-state index contributed by atoms with van der Waals surface area (Å²) >= 11 is 6.30. The number of aliphatic hydroxyl groups excluding tert-OH is 2. The number of hydrogen-bond donors (Lipinski definition) is 3. The average Bonchev–Trinajstić information content (AvgIpc) is 3.30. The van der Waals surface area contributed by atoms with Gasteiger partial charge in [0, 0.05) is 47.8 Å². The molecule has 3 N–H and O–H groups in total. The monoisotopic (exact) mass is 541 g/mol. The first kappa shape index (κ1) is 26.8. The molecule has 1 fully saturated rings. The first-order chi connectivity index (χ1) is 18.5. The third kappa shape index (κ3) is 5.78. The van der Waals surface area contributed by atoms with Crippen molar-refractivity contribution in [2.45, 2.75) is 50.9 Å². The normalized spacial score (nSPS) is 19.4. The second-order valence-corrected chi connectivity index (χ2v) is 10.5. The van der Waals surface area contributed by atoms with Crippen molar-refractivity contribution in [3.63, 3.8) is 0 Å². The summed E-state index contributed by atoms with van der Waals surface area (Å²) in [5.41, 5.74) is 4.18. The summed E-state index contributed by atoms with van der Waals surface area (Å²) in [5.74, 6) is 0.810. The number of nitrogens with zero attached hydrogens (tertiary/aromatic N) is 2. The molecule has 0 unspecified atom stereocenters. The van der Waals surface area contributed by atoms with E-state index in [1.54, 1.807) is 4.90 Å². The van der Waals surface area contributed by atoms with Crippen molar-refractivity contribution < 1.29 is 24.5 Å². The lowest BCUT2D eigenvalue weighted by atomic mass is 9.92. The summed E-state index contributed by atoms with van der Waals surface area (Å²) < 4.78 is 11.7. The van der Waals surface area contributed by atoms with E-state index in [1.165, 1.54) is 5.56 Å². The zero-order chi connectivity index (χ0) is 26.6. The number of aliphatic hydroxyl groups is 2. The predicted molar refractivity (Wildman–Crippen MR) is 147 cm³/mol. The molecule has 3 aromatic rings. The Bertz CT molecular complexity index is 1240. The minimum atomic E-state index is -0.648. The van der Waals surface area contributed by atoms with Crippen molar-refractivity contribution in [1.82, 2.24) is 14.8 Å². The molecule has 2 aliphatic rings. The minimum absolute atomic E-state index is 0.135. The minimum Gasteiger partial charge on any atom is -0.490 e. The number of halogens is 1. The van der Waals surface area contributed by atoms with Gasteiger partial charge >= 0.3 is 6.09 Å². The topological polar surface area (TPSA) is 98.3 Å². The van der Waals surface area contributed by atoms with Gasteiger partial charge in [0.05, 0.1) is 19.3 Å². The number of rotatable bonds is 8. The Kier molecular flexibility index (Phi) is 8.43. The molecule has 5 rings (SSSR count). The molecule has 0 aliphatic carbocycles. The lowest BCUT2D eigenvalue weighted by molar-refractivity contribution is 0.0608. The summed E-state index contributed by atoms with van der Waals surface area (Å²) in [6.07, 6.45) is 2.30. The number of aromatic nitrogens is 1. The molecule has 0 saturated carbocycles. The first-order valence-electron chi connectivity index (χ1n) is 13.5. The van der Waals surface area contributed by atoms with Crippen molar-refractivity contribution in [2.24, 2.45) is 0 Å². The highest BCUT2D eigenvalue weighted by Crippen LogP contribution is 2.40. The fourth-order valence-electron chi connectivity index (χ4n) is 5.61. The molecular weight excluding hydrogens is 506 g/mol. The first-order valence-corrected chi connectivity index (χ1v) is 13.9. The quantitative estimate of drug-likeness (QED) is 0.388. The Balaban J connectivity index is 1.31. The molecule has 1 aromatic heterocycles. The van der Waals surface area contributed by atoms with Gasteiger partial charge in [0.2, 0.25) is 0 Å². The number of likely N-dealkylation sites (tertiary alicyclic amines) is 1. The molecule has 2 aromatic carbocycles. The van der Waals surface area contributed by atoms with Crippen LogP contribution < -0.4 is 4.74 Å². The SMILES string of the molecule is CCOC(=O)N1CCc2c([nH]c3ccc(Cl)cc23)[C@@H]1c1ccc(OC2CCN(CC[C@H](O)CO)CC2)cc1. The van der Waals surface area contributed by atoms with Crippen LogP contribution >= 0.6 is 11.6 Å². The fourth-order valence-corrected chi connectivity index (χ4v) is 5.78. The van der Waals surface area contributed by atoms with Crippen LogP contribution in [0.4, 0.5) is 4.79 Å². The lowest BCUT2D eigenvalue weighted by Gasteiger charge is -2.35. The molecule has 2 atom stereocenters. The van der Waals surface area contributed by atoms with E-state index in [9.17, 15) is 9.90 Å². The van der Waals surface area contributed by atoms with Gasteiger partial charge in [0.25, 0.3) is 0 Å². The van der Waals surface area contributed by atoms with Gasteiger partial charge in [-0.2, -0.15) is 0 Å². The maximum Gasteiger partial charge on any atom is 0.410 e. The molecule has 38 heavy (non-hydrogen) atoms. The van der Waals surface area contributed by atoms with Crippen molar-refractivity contribution in [3.8, 4) is 5.75 Å². The Hall–Kier alpha value is -2.78. The van der Waals surface area contributed by atoms with E-state index in [0.717, 1.165) is 66.8 Å². The van der Waals surface area contributed by atoms with E-state index in [-0.39, 0.29) is 24.8 Å². The van der Waals surface area contributed by atoms with Crippen LogP contribution in [0.1, 0.15) is 49.0 Å². The molecule has 8 nitrogen and oxygen atoms in total. The number of aromatic amines is 1. The van der Waals surface area contributed by atoms with Crippen molar-refractivity contribution >= 4 is 28.6 Å². The van der Waals surface area contributed by atoms with E-state index in [1.807, 2.05) is 49.4 Å². The number of fused-ring (bicyclic) bond motifs is 3. The number of carbonyl (C=O) groups is 1. The van der Waals surface area contributed by atoms with Gasteiger partial charge < -0.3 is 29.6 Å². The fraction of sp³-hybridized carbons (Fsp3) is 0.483. The summed E-state index contributed by atoms with van der Waals surface area (Å²) in [6.45, 7) is 5.11. The molecule has 0 radical (unpaired) electrons. The molecular formula is C29H36ClN3O5. The van der Waals surface area contributed by atoms with E-state index in [2.05, 4.69) is 9.88 Å². The van der Waals surface area contributed by atoms with E-state index in [4.69, 9.17) is 26.2 Å². The van der Waals surface area contributed by atoms with Crippen molar-refractivity contribution in [1.29, 1.82) is 0 Å². The van der Waals surface area contributed by atoms with Crippen LogP contribution in [-0.4, -0.2) is 82.7 Å². The van der Waals surface area contributed by atoms with Crippen LogP contribution in [0, 0.1) is 0 Å². The summed E-state index contributed by atoms with van der Waals surface area (Å²) in [6, 6.07) is 13.6. The summed E-state index contributed by atoms with van der Waals surface area (Å²) in [5, 5.41) is 20.4. The second kappa shape index (κ2) is 11.9. The molecule has 1 saturated heterocycles. The highest BCUT2D eigenvalue weighted by Gasteiger charge is 2.35. The van der Waals surface area contributed by atoms with Gasteiger partial charge in [-0.05, 0) is 74.1 Å². The number of hydrogen-bond acceptors (Lipinski definition) is 6. The molecule has 2 aliphatic heterocycles. The van der Waals surface area contributed by atoms with Gasteiger partial charge in [0.15, 0.2) is 0 Å². The molecule has 1 amide bonds. The summed E-state index contributed by atoms with van der Waals surface area (Å²) in [4.78, 5) is 20.6. The number of piperidine rings is 1. The second-order valence-electron chi connectivity index (χ2n) is 10.1. The van der Waals surface area contributed by atoms with E-state index < -0.39 is 6.10 Å². The number of nitrogens with one attached hydrogen (secondary N) is 1. The Morgan fingerprint density at radius 2 is 1.92 bits per heavy atom. The average molecular weight is 542 g/mol. The molecule has 9 heteroatoms. The largest absolute Gasteiger partial charge is 0.490 e. The van der Waals surface area contributed by atoms with Gasteiger partial charge in [-0.3, -0.25) is 4.90 Å². The van der Waals surface area contributed by atoms with E-state index >= 15 is 0 Å². The molecule has 3 heterocycles. The van der Waals surface area contributed by atoms with E-state index in [0.29, 0.717) is 24.6 Å². The van der Waals surface area contributed by atoms with Crippen molar-refractivity contribution in [2.75, 3.05) is 39.4 Å². The number of ether oxygens (including phenoxy) is 2. The highest BCUT2D eigenvalue weighted by atomic mass is 35.5. The number of amides is 1. The zero-order valence-corrected chi connectivity index (χ0v) is 22.5. The van der Waals surface area contributed by atoms with Gasteiger partial charge in [-0.15, -0.1) is 0 Å². The zero-order valence-electron chi connectivity index (χ0n) is 21.7. The van der Waals surface area contributed by atoms with Crippen LogP contribution in [0.2, 0.25) is 5.02 Å². The molecule has 0 bridgehead atoms. The Morgan fingerprint density at radius 3 is 2.63 bits per heavy atom. The smallest absolute Gasteiger partial charge is 0.410 e. The van der Waals surface area contributed by atoms with Crippen LogP contribution in [0.15, 0.2) is 42.5 Å². The number of H-pyrrole nitrogens is 1. The van der Waals surface area contributed by atoms with Gasteiger partial charge in [-0.1, -0.05) is 23.7 Å². The third-order valence-corrected chi connectivity index (χ3v) is 7.85. The number of benzene rings is 2. The van der Waals surface area contributed by atoms with Crippen molar-refractivity contribution in [3.05, 3.63) is 64.3 Å². The van der Waals surface area contributed by atoms with Crippen LogP contribution in [0.3, 0.4) is 0 Å². The lowest BCUT2D eigenvalue weighted by Crippen LogP contribution is -2.41. The van der Waals surface area contributed by atoms with Crippen LogP contribution in [0.5, 0.6) is 5.75 Å². The van der Waals surface area contributed by atoms with Gasteiger partial charge in [-0.25, -0.2) is 4.79 Å². The van der Waals surface area contributed by atoms with Gasteiger partial charge in [0.1, 0.15) is 17.9 Å². The number of carbonyl (C=O) groups excluding carboxylic acids is 1. The highest BCUT2D eigenvalue weighted by molar-refractivity contribution is 6.31. The van der Waals surface area contributed by atoms with Crippen LogP contribution in [0.25, 0.3) is 10.9 Å². The maximum atomic E-state index is 12.9. The summed E-state index contributed by atoms with van der Waals surface area (Å²) in [7, 11) is 0. The standard InChI is InChI=1S/C29H36ClN3O5/c1-2-37-29(36)33-16-12-24-25-17-20(30)5-8-26(25)31-27(24)28(33)19-3-6-22(7-4-19)38-23-10-14-32(15-11-23)13-9-21(35)18-34/h3-8,17,21,23,28,31,34-35H,2,9-16,18H2,1H3/t21-,28-/m0/s1. The predicted octanol–water partition coefficient (Wildman–Crippen LogP) is 4.51. The maximum absolute atomic E-state index is 12.9. The molecule has 204 valence electrons. The van der Waals surface area contributed by atoms with Crippen LogP contribution in [-0.2, 0) is 11.2 Å². The third-order valence-electron chi connectivity index (χ3n) is 7.61. The Morgan fingerprint density at radius 1 is 1.16 bits per heavy atom.